The number of carboxylic acid groups (broad SMARTS) is 1. The third kappa shape index (κ3) is 4.39. The molecule has 7 nitrogen and oxygen atoms in total. The first-order valence-corrected chi connectivity index (χ1v) is 7.56. The summed E-state index contributed by atoms with van der Waals surface area (Å²) in [6.45, 7) is 4.81. The van der Waals surface area contributed by atoms with E-state index in [0.717, 1.165) is 19.4 Å². The van der Waals surface area contributed by atoms with E-state index < -0.39 is 5.97 Å². The van der Waals surface area contributed by atoms with E-state index in [2.05, 4.69) is 10.2 Å². The standard InChI is InChI=1S/C14H25N3O4/c1-3-17(9-13(18)19)11-6-10(7-11)15-14(20)12-8-16(2)4-5-21-12/h10-12H,3-9H2,1-2H3,(H,15,20)(H,18,19). The zero-order valence-electron chi connectivity index (χ0n) is 12.7. The summed E-state index contributed by atoms with van der Waals surface area (Å²) in [6, 6.07) is 0.396. The van der Waals surface area contributed by atoms with Gasteiger partial charge in [-0.05, 0) is 26.4 Å². The minimum Gasteiger partial charge on any atom is -0.480 e. The van der Waals surface area contributed by atoms with Gasteiger partial charge in [0.1, 0.15) is 6.10 Å². The van der Waals surface area contributed by atoms with Gasteiger partial charge in [0.15, 0.2) is 0 Å². The van der Waals surface area contributed by atoms with Crippen molar-refractivity contribution in [2.45, 2.75) is 38.0 Å². The molecule has 1 unspecified atom stereocenters. The highest BCUT2D eigenvalue weighted by atomic mass is 16.5. The van der Waals surface area contributed by atoms with Gasteiger partial charge in [0.25, 0.3) is 5.91 Å². The van der Waals surface area contributed by atoms with Gasteiger partial charge in [0.2, 0.25) is 0 Å². The molecule has 7 heteroatoms. The van der Waals surface area contributed by atoms with Crippen LogP contribution in [0.25, 0.3) is 0 Å². The van der Waals surface area contributed by atoms with E-state index in [9.17, 15) is 9.59 Å². The highest BCUT2D eigenvalue weighted by molar-refractivity contribution is 5.81. The van der Waals surface area contributed by atoms with Gasteiger partial charge >= 0.3 is 5.97 Å². The van der Waals surface area contributed by atoms with Crippen LogP contribution in [0.5, 0.6) is 0 Å². The van der Waals surface area contributed by atoms with Crippen LogP contribution < -0.4 is 5.32 Å². The minimum absolute atomic E-state index is 0.0497. The Bertz CT molecular complexity index is 384. The molecule has 0 spiro atoms. The topological polar surface area (TPSA) is 82.1 Å². The molecule has 0 aromatic carbocycles. The lowest BCUT2D eigenvalue weighted by molar-refractivity contribution is -0.142. The van der Waals surface area contributed by atoms with Gasteiger partial charge in [-0.1, -0.05) is 6.92 Å². The average Bonchev–Trinajstić information content (AvgIpc) is 2.39. The van der Waals surface area contributed by atoms with Crippen LogP contribution in [-0.4, -0.2) is 84.8 Å². The fraction of sp³-hybridized carbons (Fsp3) is 0.857. The van der Waals surface area contributed by atoms with Crippen molar-refractivity contribution >= 4 is 11.9 Å². The van der Waals surface area contributed by atoms with Crippen molar-refractivity contribution in [1.82, 2.24) is 15.1 Å². The van der Waals surface area contributed by atoms with Crippen LogP contribution in [0.4, 0.5) is 0 Å². The van der Waals surface area contributed by atoms with Crippen molar-refractivity contribution in [3.63, 3.8) is 0 Å². The quantitative estimate of drug-likeness (QED) is 0.680. The lowest BCUT2D eigenvalue weighted by Crippen LogP contribution is -2.58. The SMILES string of the molecule is CCN(CC(=O)O)C1CC(NC(=O)C2CN(C)CCO2)C1. The number of likely N-dealkylation sites (N-methyl/N-ethyl adjacent to an activating group) is 2. The molecular formula is C14H25N3O4. The molecule has 2 fully saturated rings. The molecule has 1 heterocycles. The van der Waals surface area contributed by atoms with Crippen LogP contribution in [0.15, 0.2) is 0 Å². The third-order valence-electron chi connectivity index (χ3n) is 4.28. The molecule has 0 aromatic heterocycles. The number of nitrogens with one attached hydrogen (secondary N) is 1. The minimum atomic E-state index is -0.803. The molecule has 120 valence electrons. The number of aliphatic carboxylic acids is 1. The summed E-state index contributed by atoms with van der Waals surface area (Å²) in [5.74, 6) is -0.853. The van der Waals surface area contributed by atoms with Gasteiger partial charge in [-0.2, -0.15) is 0 Å². The van der Waals surface area contributed by atoms with Crippen LogP contribution in [0.3, 0.4) is 0 Å². The normalized spacial score (nSPS) is 30.0. The average molecular weight is 299 g/mol. The fourth-order valence-corrected chi connectivity index (χ4v) is 2.91. The Hall–Kier alpha value is -1.18. The smallest absolute Gasteiger partial charge is 0.317 e. The second kappa shape index (κ2) is 7.20. The van der Waals surface area contributed by atoms with Gasteiger partial charge in [0.05, 0.1) is 13.2 Å². The molecule has 0 bridgehead atoms. The Morgan fingerprint density at radius 2 is 2.14 bits per heavy atom. The Balaban J connectivity index is 1.72. The van der Waals surface area contributed by atoms with E-state index in [0.29, 0.717) is 19.7 Å². The Labute approximate surface area is 125 Å². The number of rotatable bonds is 6. The van der Waals surface area contributed by atoms with E-state index >= 15 is 0 Å². The maximum atomic E-state index is 12.1. The van der Waals surface area contributed by atoms with Crippen molar-refractivity contribution < 1.29 is 19.4 Å². The van der Waals surface area contributed by atoms with E-state index in [1.165, 1.54) is 0 Å². The van der Waals surface area contributed by atoms with Gasteiger partial charge in [-0.15, -0.1) is 0 Å². The first-order chi connectivity index (χ1) is 9.99. The van der Waals surface area contributed by atoms with Crippen LogP contribution in [-0.2, 0) is 14.3 Å². The zero-order chi connectivity index (χ0) is 15.4. The zero-order valence-corrected chi connectivity index (χ0v) is 12.7. The molecule has 2 aliphatic rings. The number of hydrogen-bond donors (Lipinski definition) is 2. The number of morpholine rings is 1. The molecule has 1 atom stereocenters. The van der Waals surface area contributed by atoms with Gasteiger partial charge in [-0.3, -0.25) is 14.5 Å². The number of amides is 1. The number of nitrogens with zero attached hydrogens (tertiary/aromatic N) is 2. The predicted molar refractivity (Wildman–Crippen MR) is 77.1 cm³/mol. The van der Waals surface area contributed by atoms with Crippen LogP contribution >= 0.6 is 0 Å². The lowest BCUT2D eigenvalue weighted by Gasteiger charge is -2.42. The summed E-state index contributed by atoms with van der Waals surface area (Å²) in [5, 5.41) is 11.9. The van der Waals surface area contributed by atoms with Crippen LogP contribution in [0, 0.1) is 0 Å². The summed E-state index contributed by atoms with van der Waals surface area (Å²) in [6.07, 6.45) is 1.24. The number of carbonyl (C=O) groups excluding carboxylic acids is 1. The largest absolute Gasteiger partial charge is 0.480 e. The maximum Gasteiger partial charge on any atom is 0.317 e. The second-order valence-electron chi connectivity index (χ2n) is 5.91. The molecule has 2 N–H and O–H groups in total. The van der Waals surface area contributed by atoms with Gasteiger partial charge < -0.3 is 20.1 Å². The van der Waals surface area contributed by atoms with E-state index in [1.807, 2.05) is 18.9 Å². The first-order valence-electron chi connectivity index (χ1n) is 7.56. The van der Waals surface area contributed by atoms with Crippen molar-refractivity contribution in [3.8, 4) is 0 Å². The van der Waals surface area contributed by atoms with Crippen molar-refractivity contribution in [1.29, 1.82) is 0 Å². The Morgan fingerprint density at radius 3 is 2.71 bits per heavy atom. The Kier molecular flexibility index (Phi) is 5.55. The molecule has 2 rings (SSSR count). The lowest BCUT2D eigenvalue weighted by atomic mass is 9.85. The van der Waals surface area contributed by atoms with Gasteiger partial charge in [-0.25, -0.2) is 0 Å². The Morgan fingerprint density at radius 1 is 1.43 bits per heavy atom. The number of carbonyl (C=O) groups is 2. The summed E-state index contributed by atoms with van der Waals surface area (Å²) in [7, 11) is 1.98. The van der Waals surface area contributed by atoms with Crippen LogP contribution in [0.1, 0.15) is 19.8 Å². The van der Waals surface area contributed by atoms with E-state index in [-0.39, 0.29) is 30.6 Å². The van der Waals surface area contributed by atoms with E-state index in [4.69, 9.17) is 9.84 Å². The van der Waals surface area contributed by atoms with Gasteiger partial charge in [0, 0.05) is 25.2 Å². The predicted octanol–water partition coefficient (Wildman–Crippen LogP) is -0.629. The van der Waals surface area contributed by atoms with E-state index in [1.54, 1.807) is 0 Å². The molecular weight excluding hydrogens is 274 g/mol. The van der Waals surface area contributed by atoms with Crippen LogP contribution in [0.2, 0.25) is 0 Å². The second-order valence-corrected chi connectivity index (χ2v) is 5.91. The van der Waals surface area contributed by atoms with Crippen molar-refractivity contribution in [2.24, 2.45) is 0 Å². The number of ether oxygens (including phenoxy) is 1. The molecule has 1 saturated carbocycles. The molecule has 1 saturated heterocycles. The monoisotopic (exact) mass is 299 g/mol. The van der Waals surface area contributed by atoms with Crippen molar-refractivity contribution in [2.75, 3.05) is 39.8 Å². The molecule has 1 aliphatic carbocycles. The summed E-state index contributed by atoms with van der Waals surface area (Å²) < 4.78 is 5.49. The third-order valence-corrected chi connectivity index (χ3v) is 4.28. The molecule has 21 heavy (non-hydrogen) atoms. The highest BCUT2D eigenvalue weighted by Crippen LogP contribution is 2.25. The van der Waals surface area contributed by atoms with Crippen molar-refractivity contribution in [3.05, 3.63) is 0 Å². The number of carboxylic acids is 1. The number of hydrogen-bond acceptors (Lipinski definition) is 5. The highest BCUT2D eigenvalue weighted by Gasteiger charge is 2.36. The summed E-state index contributed by atoms with van der Waals surface area (Å²) >= 11 is 0. The summed E-state index contributed by atoms with van der Waals surface area (Å²) in [4.78, 5) is 26.9. The fourth-order valence-electron chi connectivity index (χ4n) is 2.91. The molecule has 1 aliphatic heterocycles. The first kappa shape index (κ1) is 16.2. The maximum absolute atomic E-state index is 12.1. The molecule has 1 amide bonds. The molecule has 0 aromatic rings. The molecule has 0 radical (unpaired) electrons. The summed E-state index contributed by atoms with van der Waals surface area (Å²) in [5.41, 5.74) is 0.